The SMILES string of the molecule is CCOc1ccc(NC(=O)CCCNC(=O)c2ccsc2)cc1. The summed E-state index contributed by atoms with van der Waals surface area (Å²) in [6.45, 7) is 3.01. The lowest BCUT2D eigenvalue weighted by Crippen LogP contribution is -2.25. The lowest BCUT2D eigenvalue weighted by atomic mass is 10.2. The maximum Gasteiger partial charge on any atom is 0.252 e. The molecule has 1 aromatic carbocycles. The smallest absolute Gasteiger partial charge is 0.252 e. The van der Waals surface area contributed by atoms with E-state index in [2.05, 4.69) is 10.6 Å². The number of rotatable bonds is 8. The minimum atomic E-state index is -0.0989. The molecule has 0 atom stereocenters. The summed E-state index contributed by atoms with van der Waals surface area (Å²) in [7, 11) is 0. The van der Waals surface area contributed by atoms with Crippen molar-refractivity contribution in [3.8, 4) is 5.75 Å². The van der Waals surface area contributed by atoms with Crippen molar-refractivity contribution in [1.29, 1.82) is 0 Å². The first kappa shape index (κ1) is 17.0. The lowest BCUT2D eigenvalue weighted by molar-refractivity contribution is -0.116. The highest BCUT2D eigenvalue weighted by atomic mass is 32.1. The number of carbonyl (C=O) groups excluding carboxylic acids is 2. The third-order valence-corrected chi connectivity index (χ3v) is 3.78. The number of hydrogen-bond donors (Lipinski definition) is 2. The summed E-state index contributed by atoms with van der Waals surface area (Å²) in [5.41, 5.74) is 1.40. The van der Waals surface area contributed by atoms with Crippen LogP contribution in [0.3, 0.4) is 0 Å². The van der Waals surface area contributed by atoms with E-state index in [-0.39, 0.29) is 11.8 Å². The zero-order chi connectivity index (χ0) is 16.5. The Labute approximate surface area is 139 Å². The Hall–Kier alpha value is -2.34. The van der Waals surface area contributed by atoms with Crippen LogP contribution in [0.1, 0.15) is 30.1 Å². The number of thiophene rings is 1. The lowest BCUT2D eigenvalue weighted by Gasteiger charge is -2.07. The normalized spacial score (nSPS) is 10.1. The van der Waals surface area contributed by atoms with Gasteiger partial charge in [-0.2, -0.15) is 11.3 Å². The van der Waals surface area contributed by atoms with Crippen LogP contribution in [-0.2, 0) is 4.79 Å². The van der Waals surface area contributed by atoms with Gasteiger partial charge in [0.1, 0.15) is 5.75 Å². The average molecular weight is 332 g/mol. The average Bonchev–Trinajstić information content (AvgIpc) is 3.08. The molecule has 0 aliphatic carbocycles. The second-order valence-corrected chi connectivity index (χ2v) is 5.66. The van der Waals surface area contributed by atoms with Crippen molar-refractivity contribution in [2.45, 2.75) is 19.8 Å². The number of carbonyl (C=O) groups is 2. The maximum atomic E-state index is 11.8. The minimum absolute atomic E-state index is 0.0704. The van der Waals surface area contributed by atoms with Gasteiger partial charge >= 0.3 is 0 Å². The molecule has 5 nitrogen and oxygen atoms in total. The molecule has 0 aliphatic heterocycles. The third-order valence-electron chi connectivity index (χ3n) is 3.10. The van der Waals surface area contributed by atoms with Crippen molar-refractivity contribution in [2.75, 3.05) is 18.5 Å². The quantitative estimate of drug-likeness (QED) is 0.729. The van der Waals surface area contributed by atoms with Gasteiger partial charge in [0, 0.05) is 29.6 Å². The molecular weight excluding hydrogens is 312 g/mol. The Kier molecular flexibility index (Phi) is 6.62. The first-order chi connectivity index (χ1) is 11.2. The third kappa shape index (κ3) is 5.75. The van der Waals surface area contributed by atoms with Crippen LogP contribution in [0.15, 0.2) is 41.1 Å². The van der Waals surface area contributed by atoms with E-state index in [1.165, 1.54) is 11.3 Å². The molecule has 2 N–H and O–H groups in total. The van der Waals surface area contributed by atoms with E-state index in [9.17, 15) is 9.59 Å². The summed E-state index contributed by atoms with van der Waals surface area (Å²) < 4.78 is 5.35. The number of anilines is 1. The fourth-order valence-corrected chi connectivity index (χ4v) is 2.61. The first-order valence-electron chi connectivity index (χ1n) is 7.52. The van der Waals surface area contributed by atoms with Crippen LogP contribution in [0.5, 0.6) is 5.75 Å². The number of amides is 2. The fourth-order valence-electron chi connectivity index (χ4n) is 1.97. The molecule has 2 amide bonds. The fraction of sp³-hybridized carbons (Fsp3) is 0.294. The van der Waals surface area contributed by atoms with Gasteiger partial charge in [-0.3, -0.25) is 9.59 Å². The second kappa shape index (κ2) is 8.95. The van der Waals surface area contributed by atoms with Crippen LogP contribution in [0.4, 0.5) is 5.69 Å². The monoisotopic (exact) mass is 332 g/mol. The highest BCUT2D eigenvalue weighted by Crippen LogP contribution is 2.15. The minimum Gasteiger partial charge on any atom is -0.494 e. The molecular formula is C17H20N2O3S. The molecule has 0 radical (unpaired) electrons. The number of ether oxygens (including phenoxy) is 1. The Morgan fingerprint density at radius 1 is 1.17 bits per heavy atom. The highest BCUT2D eigenvalue weighted by Gasteiger charge is 2.06. The van der Waals surface area contributed by atoms with E-state index in [0.717, 1.165) is 11.4 Å². The molecule has 0 saturated heterocycles. The van der Waals surface area contributed by atoms with E-state index in [1.807, 2.05) is 24.4 Å². The van der Waals surface area contributed by atoms with Crippen LogP contribution >= 0.6 is 11.3 Å². The molecule has 6 heteroatoms. The first-order valence-corrected chi connectivity index (χ1v) is 8.46. The van der Waals surface area contributed by atoms with Crippen molar-refractivity contribution >= 4 is 28.8 Å². The summed E-state index contributed by atoms with van der Waals surface area (Å²) in [4.78, 5) is 23.6. The molecule has 1 aromatic heterocycles. The Bertz CT molecular complexity index is 624. The molecule has 0 aliphatic rings. The van der Waals surface area contributed by atoms with Crippen LogP contribution < -0.4 is 15.4 Å². The topological polar surface area (TPSA) is 67.4 Å². The Morgan fingerprint density at radius 2 is 1.96 bits per heavy atom. The zero-order valence-corrected chi connectivity index (χ0v) is 13.8. The van der Waals surface area contributed by atoms with Gasteiger partial charge in [0.25, 0.3) is 5.91 Å². The standard InChI is InChI=1S/C17H20N2O3S/c1-2-22-15-7-5-14(6-8-15)19-16(20)4-3-10-18-17(21)13-9-11-23-12-13/h5-9,11-12H,2-4,10H2,1H3,(H,18,21)(H,19,20). The number of benzene rings is 1. The zero-order valence-electron chi connectivity index (χ0n) is 13.0. The molecule has 1 heterocycles. The van der Waals surface area contributed by atoms with Crippen LogP contribution in [0, 0.1) is 0 Å². The summed E-state index contributed by atoms with van der Waals surface area (Å²) in [6, 6.07) is 9.03. The highest BCUT2D eigenvalue weighted by molar-refractivity contribution is 7.08. The van der Waals surface area contributed by atoms with Gasteiger partial charge in [-0.15, -0.1) is 0 Å². The summed E-state index contributed by atoms with van der Waals surface area (Å²) >= 11 is 1.48. The molecule has 2 aromatic rings. The molecule has 0 saturated carbocycles. The van der Waals surface area contributed by atoms with Crippen molar-refractivity contribution in [2.24, 2.45) is 0 Å². The number of hydrogen-bond acceptors (Lipinski definition) is 4. The molecule has 2 rings (SSSR count). The largest absolute Gasteiger partial charge is 0.494 e. The van der Waals surface area contributed by atoms with Gasteiger partial charge in [0.2, 0.25) is 5.91 Å². The molecule has 122 valence electrons. The Balaban J connectivity index is 1.66. The van der Waals surface area contributed by atoms with E-state index in [1.54, 1.807) is 23.6 Å². The van der Waals surface area contributed by atoms with Gasteiger partial charge in [-0.05, 0) is 49.1 Å². The van der Waals surface area contributed by atoms with Crippen molar-refractivity contribution in [3.63, 3.8) is 0 Å². The predicted molar refractivity (Wildman–Crippen MR) is 92.1 cm³/mol. The predicted octanol–water partition coefficient (Wildman–Crippen LogP) is 3.30. The molecule has 0 bridgehead atoms. The van der Waals surface area contributed by atoms with E-state index >= 15 is 0 Å². The van der Waals surface area contributed by atoms with E-state index in [0.29, 0.717) is 31.6 Å². The van der Waals surface area contributed by atoms with Crippen LogP contribution in [-0.4, -0.2) is 25.0 Å². The van der Waals surface area contributed by atoms with Crippen molar-refractivity contribution in [3.05, 3.63) is 46.7 Å². The summed E-state index contributed by atoms with van der Waals surface area (Å²) in [5.74, 6) is 0.610. The summed E-state index contributed by atoms with van der Waals surface area (Å²) in [6.07, 6.45) is 0.954. The maximum absolute atomic E-state index is 11.8. The van der Waals surface area contributed by atoms with Gasteiger partial charge in [0.05, 0.1) is 6.61 Å². The molecule has 23 heavy (non-hydrogen) atoms. The van der Waals surface area contributed by atoms with Gasteiger partial charge < -0.3 is 15.4 Å². The van der Waals surface area contributed by atoms with E-state index in [4.69, 9.17) is 4.74 Å². The number of nitrogens with one attached hydrogen (secondary N) is 2. The van der Waals surface area contributed by atoms with E-state index < -0.39 is 0 Å². The molecule has 0 spiro atoms. The second-order valence-electron chi connectivity index (χ2n) is 4.88. The van der Waals surface area contributed by atoms with Gasteiger partial charge in [-0.25, -0.2) is 0 Å². The Morgan fingerprint density at radius 3 is 2.61 bits per heavy atom. The molecule has 0 unspecified atom stereocenters. The van der Waals surface area contributed by atoms with Crippen LogP contribution in [0.2, 0.25) is 0 Å². The van der Waals surface area contributed by atoms with Crippen LogP contribution in [0.25, 0.3) is 0 Å². The molecule has 0 fully saturated rings. The van der Waals surface area contributed by atoms with Crippen molar-refractivity contribution in [1.82, 2.24) is 5.32 Å². The summed E-state index contributed by atoms with van der Waals surface area (Å²) in [5, 5.41) is 9.28. The van der Waals surface area contributed by atoms with Gasteiger partial charge in [0.15, 0.2) is 0 Å². The van der Waals surface area contributed by atoms with Crippen molar-refractivity contribution < 1.29 is 14.3 Å². The van der Waals surface area contributed by atoms with Gasteiger partial charge in [-0.1, -0.05) is 0 Å².